The molecule has 0 unspecified atom stereocenters. The highest BCUT2D eigenvalue weighted by Gasteiger charge is 2.36. The fraction of sp³-hybridized carbons (Fsp3) is 0.0625. The average molecular weight is 650 g/mol. The Morgan fingerprint density at radius 2 is 0.902 bits per heavy atom. The minimum Gasteiger partial charge on any atom is -0.309 e. The Labute approximate surface area is 294 Å². The largest absolute Gasteiger partial charge is 0.309 e. The van der Waals surface area contributed by atoms with Crippen LogP contribution in [0.3, 0.4) is 0 Å². The number of hydrogen-bond acceptors (Lipinski definition) is 1. The van der Waals surface area contributed by atoms with E-state index in [0.717, 1.165) is 11.4 Å². The number of hydrogen-bond donors (Lipinski definition) is 0. The molecular weight excluding hydrogens is 619 g/mol. The van der Waals surface area contributed by atoms with E-state index in [4.69, 9.17) is 4.98 Å². The summed E-state index contributed by atoms with van der Waals surface area (Å²) in [5, 5.41) is 10.4. The lowest BCUT2D eigenvalue weighted by molar-refractivity contribution is 0.660. The molecule has 238 valence electrons. The first-order valence-electron chi connectivity index (χ1n) is 17.8. The van der Waals surface area contributed by atoms with Crippen molar-refractivity contribution in [3.05, 3.63) is 163 Å². The number of rotatable bonds is 3. The smallest absolute Gasteiger partial charge is 0.137 e. The molecule has 0 spiro atoms. The average Bonchev–Trinajstić information content (AvgIpc) is 3.78. The Morgan fingerprint density at radius 3 is 1.41 bits per heavy atom. The van der Waals surface area contributed by atoms with Crippen LogP contribution in [-0.4, -0.2) is 14.1 Å². The lowest BCUT2D eigenvalue weighted by atomic mass is 9.81. The summed E-state index contributed by atoms with van der Waals surface area (Å²) in [6.07, 6.45) is 2.04. The monoisotopic (exact) mass is 649 g/mol. The van der Waals surface area contributed by atoms with Crippen LogP contribution in [-0.2, 0) is 5.41 Å². The van der Waals surface area contributed by atoms with Crippen LogP contribution in [0, 0.1) is 0 Å². The highest BCUT2D eigenvalue weighted by molar-refractivity contribution is 6.25. The van der Waals surface area contributed by atoms with E-state index >= 15 is 0 Å². The molecule has 0 atom stereocenters. The first kappa shape index (κ1) is 27.4. The van der Waals surface area contributed by atoms with Crippen molar-refractivity contribution in [2.45, 2.75) is 19.3 Å². The van der Waals surface area contributed by atoms with Gasteiger partial charge in [0.15, 0.2) is 0 Å². The highest BCUT2D eigenvalue weighted by Crippen LogP contribution is 2.51. The summed E-state index contributed by atoms with van der Waals surface area (Å²) in [6.45, 7) is 4.75. The second kappa shape index (κ2) is 9.41. The third-order valence-corrected chi connectivity index (χ3v) is 11.9. The van der Waals surface area contributed by atoms with E-state index in [1.54, 1.807) is 0 Å². The third kappa shape index (κ3) is 3.45. The van der Waals surface area contributed by atoms with Crippen LogP contribution in [0.1, 0.15) is 25.0 Å². The van der Waals surface area contributed by atoms with Crippen LogP contribution in [0.25, 0.3) is 98.9 Å². The van der Waals surface area contributed by atoms with E-state index in [1.165, 1.54) is 98.7 Å². The second-order valence-electron chi connectivity index (χ2n) is 14.8. The van der Waals surface area contributed by atoms with Crippen molar-refractivity contribution < 1.29 is 0 Å². The Bertz CT molecular complexity index is 3070. The molecule has 0 amide bonds. The van der Waals surface area contributed by atoms with E-state index in [2.05, 4.69) is 169 Å². The van der Waals surface area contributed by atoms with Crippen molar-refractivity contribution in [1.29, 1.82) is 0 Å². The maximum atomic E-state index is 5.09. The van der Waals surface area contributed by atoms with Crippen molar-refractivity contribution in [1.82, 2.24) is 14.1 Å². The predicted octanol–water partition coefficient (Wildman–Crippen LogP) is 12.4. The molecule has 12 rings (SSSR count). The molecule has 51 heavy (non-hydrogen) atoms. The standard InChI is InChI=1S/C48H31N3/c1-48(2)37-25-32(33-20-24-43(49-27-33)51-41-13-5-9-30-17-18-31-10-6-14-42(51)47(31)46(30)41)19-22-35(37)36-23-21-34(26-38(36)48)50-39-11-3-7-28-15-16-29-8-4-12-40(50)45(29)44(28)39/h3-27H,1-2H3. The molecule has 8 aromatic carbocycles. The van der Waals surface area contributed by atoms with Crippen LogP contribution >= 0.6 is 0 Å². The predicted molar refractivity (Wildman–Crippen MR) is 213 cm³/mol. The van der Waals surface area contributed by atoms with Gasteiger partial charge in [-0.1, -0.05) is 105 Å². The fourth-order valence-electron chi connectivity index (χ4n) is 9.50. The van der Waals surface area contributed by atoms with E-state index < -0.39 is 0 Å². The van der Waals surface area contributed by atoms with E-state index in [9.17, 15) is 0 Å². The van der Waals surface area contributed by atoms with Gasteiger partial charge in [0, 0.05) is 44.4 Å². The topological polar surface area (TPSA) is 22.8 Å². The lowest BCUT2D eigenvalue weighted by Gasteiger charge is -2.23. The van der Waals surface area contributed by atoms with Gasteiger partial charge in [-0.25, -0.2) is 4.98 Å². The van der Waals surface area contributed by atoms with E-state index in [-0.39, 0.29) is 5.41 Å². The zero-order chi connectivity index (χ0) is 33.6. The molecule has 3 heteroatoms. The number of aromatic nitrogens is 3. The van der Waals surface area contributed by atoms with Gasteiger partial charge in [0.25, 0.3) is 0 Å². The fourth-order valence-corrected chi connectivity index (χ4v) is 9.50. The van der Waals surface area contributed by atoms with Crippen LogP contribution in [0.5, 0.6) is 0 Å². The molecule has 1 aliphatic carbocycles. The first-order chi connectivity index (χ1) is 25.0. The summed E-state index contributed by atoms with van der Waals surface area (Å²) in [5.41, 5.74) is 13.6. The summed E-state index contributed by atoms with van der Waals surface area (Å²) in [4.78, 5) is 5.09. The van der Waals surface area contributed by atoms with Gasteiger partial charge in [-0.2, -0.15) is 0 Å². The summed E-state index contributed by atoms with van der Waals surface area (Å²) in [7, 11) is 0. The van der Waals surface area contributed by atoms with E-state index in [1.807, 2.05) is 6.20 Å². The molecule has 0 saturated carbocycles. The maximum Gasteiger partial charge on any atom is 0.137 e. The SMILES string of the molecule is CC1(C)c2cc(-c3ccc(-n4c5cccc6ccc7cccc4c7c65)nc3)ccc2-c2ccc(-n3c4cccc5ccc6cccc3c6c54)cc21. The van der Waals surface area contributed by atoms with Gasteiger partial charge in [-0.3, -0.25) is 4.57 Å². The summed E-state index contributed by atoms with van der Waals surface area (Å²) in [6, 6.07) is 53.9. The lowest BCUT2D eigenvalue weighted by Crippen LogP contribution is -2.15. The summed E-state index contributed by atoms with van der Waals surface area (Å²) < 4.78 is 4.77. The molecule has 0 fully saturated rings. The van der Waals surface area contributed by atoms with Crippen molar-refractivity contribution in [2.24, 2.45) is 0 Å². The van der Waals surface area contributed by atoms with Crippen LogP contribution < -0.4 is 0 Å². The zero-order valence-electron chi connectivity index (χ0n) is 28.3. The number of nitrogens with zero attached hydrogens (tertiary/aromatic N) is 3. The van der Waals surface area contributed by atoms with Gasteiger partial charge in [0.1, 0.15) is 5.82 Å². The quantitative estimate of drug-likeness (QED) is 0.175. The molecule has 3 heterocycles. The van der Waals surface area contributed by atoms with Crippen molar-refractivity contribution in [3.63, 3.8) is 0 Å². The first-order valence-corrected chi connectivity index (χ1v) is 17.8. The molecular formula is C48H31N3. The van der Waals surface area contributed by atoms with Crippen molar-refractivity contribution >= 4 is 65.2 Å². The van der Waals surface area contributed by atoms with Crippen LogP contribution in [0.15, 0.2) is 152 Å². The Morgan fingerprint density at radius 1 is 0.431 bits per heavy atom. The summed E-state index contributed by atoms with van der Waals surface area (Å²) in [5.74, 6) is 0.937. The summed E-state index contributed by atoms with van der Waals surface area (Å²) >= 11 is 0. The van der Waals surface area contributed by atoms with Gasteiger partial charge in [-0.15, -0.1) is 0 Å². The molecule has 0 aliphatic heterocycles. The van der Waals surface area contributed by atoms with Gasteiger partial charge < -0.3 is 4.57 Å². The highest BCUT2D eigenvalue weighted by atomic mass is 15.1. The Balaban J connectivity index is 0.955. The Hall–Kier alpha value is -6.45. The number of fused-ring (bicyclic) bond motifs is 3. The van der Waals surface area contributed by atoms with Gasteiger partial charge in [0.2, 0.25) is 0 Å². The van der Waals surface area contributed by atoms with Gasteiger partial charge in [0.05, 0.1) is 22.1 Å². The number of benzene rings is 8. The minimum absolute atomic E-state index is 0.159. The normalized spacial score (nSPS) is 13.8. The minimum atomic E-state index is -0.159. The van der Waals surface area contributed by atoms with Crippen molar-refractivity contribution in [3.8, 4) is 33.8 Å². The van der Waals surface area contributed by atoms with Crippen LogP contribution in [0.2, 0.25) is 0 Å². The maximum absolute atomic E-state index is 5.09. The molecule has 3 nitrogen and oxygen atoms in total. The molecule has 0 N–H and O–H groups in total. The molecule has 11 aromatic rings. The van der Waals surface area contributed by atoms with Crippen LogP contribution in [0.4, 0.5) is 0 Å². The molecule has 0 radical (unpaired) electrons. The number of pyridine rings is 1. The Kier molecular flexibility index (Phi) is 5.05. The van der Waals surface area contributed by atoms with Gasteiger partial charge in [-0.05, 0) is 104 Å². The molecule has 0 saturated heterocycles. The zero-order valence-corrected chi connectivity index (χ0v) is 28.3. The second-order valence-corrected chi connectivity index (χ2v) is 14.8. The third-order valence-electron chi connectivity index (χ3n) is 11.9. The molecule has 3 aromatic heterocycles. The molecule has 1 aliphatic rings. The van der Waals surface area contributed by atoms with E-state index in [0.29, 0.717) is 0 Å². The van der Waals surface area contributed by atoms with Gasteiger partial charge >= 0.3 is 0 Å². The van der Waals surface area contributed by atoms with Crippen molar-refractivity contribution in [2.75, 3.05) is 0 Å². The molecule has 0 bridgehead atoms.